The number of hydrogen-bond donors (Lipinski definition) is 1. The summed E-state index contributed by atoms with van der Waals surface area (Å²) < 4.78 is 0. The van der Waals surface area contributed by atoms with Crippen LogP contribution in [0.25, 0.3) is 0 Å². The molecule has 132 valence electrons. The summed E-state index contributed by atoms with van der Waals surface area (Å²) in [4.78, 5) is 21.3. The molecule has 0 bridgehead atoms. The zero-order valence-corrected chi connectivity index (χ0v) is 15.5. The third-order valence-electron chi connectivity index (χ3n) is 4.85. The molecule has 0 radical (unpaired) electrons. The van der Waals surface area contributed by atoms with Crippen molar-refractivity contribution in [3.8, 4) is 0 Å². The number of urea groups is 1. The lowest BCUT2D eigenvalue weighted by Crippen LogP contribution is -2.50. The Kier molecular flexibility index (Phi) is 4.93. The number of nitrogens with one attached hydrogen (secondary N) is 1. The predicted octanol–water partition coefficient (Wildman–Crippen LogP) is 3.67. The van der Waals surface area contributed by atoms with E-state index in [2.05, 4.69) is 41.2 Å². The van der Waals surface area contributed by atoms with Crippen molar-refractivity contribution in [2.45, 2.75) is 27.7 Å². The summed E-state index contributed by atoms with van der Waals surface area (Å²) in [5.41, 5.74) is 5.45. The van der Waals surface area contributed by atoms with Gasteiger partial charge in [-0.25, -0.2) is 9.78 Å². The Hall–Kier alpha value is -2.56. The van der Waals surface area contributed by atoms with Crippen molar-refractivity contribution in [1.82, 2.24) is 9.88 Å². The van der Waals surface area contributed by atoms with Gasteiger partial charge in [0.2, 0.25) is 0 Å². The first kappa shape index (κ1) is 17.3. The van der Waals surface area contributed by atoms with Crippen LogP contribution < -0.4 is 10.2 Å². The number of nitrogens with zero attached hydrogens (tertiary/aromatic N) is 3. The van der Waals surface area contributed by atoms with E-state index in [0.717, 1.165) is 35.9 Å². The summed E-state index contributed by atoms with van der Waals surface area (Å²) in [7, 11) is 0. The van der Waals surface area contributed by atoms with Crippen LogP contribution >= 0.6 is 0 Å². The Morgan fingerprint density at radius 3 is 2.32 bits per heavy atom. The molecule has 1 N–H and O–H groups in total. The fourth-order valence-electron chi connectivity index (χ4n) is 3.13. The molecule has 3 rings (SSSR count). The number of piperazine rings is 1. The number of rotatable bonds is 2. The van der Waals surface area contributed by atoms with Crippen LogP contribution in [-0.2, 0) is 0 Å². The highest BCUT2D eigenvalue weighted by Crippen LogP contribution is 2.21. The maximum Gasteiger partial charge on any atom is 0.321 e. The van der Waals surface area contributed by atoms with Crippen LogP contribution in [0.4, 0.5) is 16.3 Å². The van der Waals surface area contributed by atoms with Crippen LogP contribution in [0.5, 0.6) is 0 Å². The number of carbonyl (C=O) groups excluding carboxylic acids is 1. The van der Waals surface area contributed by atoms with Gasteiger partial charge in [-0.1, -0.05) is 12.1 Å². The highest BCUT2D eigenvalue weighted by Gasteiger charge is 2.22. The minimum atomic E-state index is -0.0248. The Labute approximate surface area is 149 Å². The summed E-state index contributed by atoms with van der Waals surface area (Å²) in [6.45, 7) is 11.2. The summed E-state index contributed by atoms with van der Waals surface area (Å²) in [5.74, 6) is 0.991. The normalized spacial score (nSPS) is 14.6. The largest absolute Gasteiger partial charge is 0.353 e. The van der Waals surface area contributed by atoms with E-state index in [1.54, 1.807) is 0 Å². The minimum Gasteiger partial charge on any atom is -0.353 e. The summed E-state index contributed by atoms with van der Waals surface area (Å²) >= 11 is 0. The molecule has 0 atom stereocenters. The monoisotopic (exact) mass is 338 g/mol. The molecule has 1 aromatic heterocycles. The molecule has 2 aromatic rings. The maximum atomic E-state index is 12.6. The van der Waals surface area contributed by atoms with E-state index in [-0.39, 0.29) is 6.03 Å². The second-order valence-corrected chi connectivity index (χ2v) is 6.79. The highest BCUT2D eigenvalue weighted by atomic mass is 16.2. The maximum absolute atomic E-state index is 12.6. The van der Waals surface area contributed by atoms with Gasteiger partial charge in [-0.05, 0) is 62.6 Å². The van der Waals surface area contributed by atoms with E-state index in [1.807, 2.05) is 36.9 Å². The van der Waals surface area contributed by atoms with E-state index in [0.29, 0.717) is 13.1 Å². The molecule has 0 unspecified atom stereocenters. The molecule has 1 aliphatic rings. The molecular formula is C20H26N4O. The quantitative estimate of drug-likeness (QED) is 0.909. The lowest BCUT2D eigenvalue weighted by atomic mass is 10.1. The number of benzene rings is 1. The SMILES string of the molecule is Cc1cccc(N2CCN(C(=O)Nc3cc(C)c(C)cc3C)CC2)n1. The molecular weight excluding hydrogens is 312 g/mol. The average molecular weight is 338 g/mol. The van der Waals surface area contributed by atoms with Crippen LogP contribution in [0, 0.1) is 27.7 Å². The molecule has 2 amide bonds. The number of hydrogen-bond acceptors (Lipinski definition) is 3. The smallest absolute Gasteiger partial charge is 0.321 e. The molecule has 1 aromatic carbocycles. The first-order valence-electron chi connectivity index (χ1n) is 8.76. The first-order valence-corrected chi connectivity index (χ1v) is 8.76. The van der Waals surface area contributed by atoms with E-state index in [1.165, 1.54) is 11.1 Å². The van der Waals surface area contributed by atoms with Gasteiger partial charge in [0.15, 0.2) is 0 Å². The molecule has 5 nitrogen and oxygen atoms in total. The minimum absolute atomic E-state index is 0.0248. The number of pyridine rings is 1. The summed E-state index contributed by atoms with van der Waals surface area (Å²) in [5, 5.41) is 3.06. The number of amides is 2. The van der Waals surface area contributed by atoms with Gasteiger partial charge in [0, 0.05) is 37.6 Å². The standard InChI is InChI=1S/C20H26N4O/c1-14-12-16(3)18(13-15(14)2)22-20(25)24-10-8-23(9-11-24)19-7-5-6-17(4)21-19/h5-7,12-13H,8-11H2,1-4H3,(H,22,25). The molecule has 1 saturated heterocycles. The van der Waals surface area contributed by atoms with Crippen LogP contribution in [-0.4, -0.2) is 42.1 Å². The van der Waals surface area contributed by atoms with Gasteiger partial charge in [0.1, 0.15) is 5.82 Å². The van der Waals surface area contributed by atoms with Crippen molar-refractivity contribution in [3.05, 3.63) is 52.7 Å². The highest BCUT2D eigenvalue weighted by molar-refractivity contribution is 5.90. The molecule has 1 aliphatic heterocycles. The molecule has 1 fully saturated rings. The molecule has 5 heteroatoms. The zero-order valence-electron chi connectivity index (χ0n) is 15.5. The van der Waals surface area contributed by atoms with Gasteiger partial charge in [0.05, 0.1) is 0 Å². The van der Waals surface area contributed by atoms with Crippen molar-refractivity contribution in [2.75, 3.05) is 36.4 Å². The van der Waals surface area contributed by atoms with Gasteiger partial charge in [-0.15, -0.1) is 0 Å². The summed E-state index contributed by atoms with van der Waals surface area (Å²) in [6.07, 6.45) is 0. The fraction of sp³-hybridized carbons (Fsp3) is 0.400. The Balaban J connectivity index is 1.61. The zero-order chi connectivity index (χ0) is 18.0. The second-order valence-electron chi connectivity index (χ2n) is 6.79. The van der Waals surface area contributed by atoms with Crippen molar-refractivity contribution < 1.29 is 4.79 Å². The van der Waals surface area contributed by atoms with Crippen molar-refractivity contribution >= 4 is 17.5 Å². The number of aryl methyl sites for hydroxylation is 4. The number of aromatic nitrogens is 1. The van der Waals surface area contributed by atoms with E-state index >= 15 is 0 Å². The van der Waals surface area contributed by atoms with Gasteiger partial charge < -0.3 is 15.1 Å². The number of carbonyl (C=O) groups is 1. The Morgan fingerprint density at radius 1 is 0.960 bits per heavy atom. The number of anilines is 2. The van der Waals surface area contributed by atoms with Crippen LogP contribution in [0.1, 0.15) is 22.4 Å². The van der Waals surface area contributed by atoms with Crippen LogP contribution in [0.15, 0.2) is 30.3 Å². The lowest BCUT2D eigenvalue weighted by molar-refractivity contribution is 0.208. The van der Waals surface area contributed by atoms with Gasteiger partial charge in [-0.2, -0.15) is 0 Å². The summed E-state index contributed by atoms with van der Waals surface area (Å²) in [6, 6.07) is 10.2. The fourth-order valence-corrected chi connectivity index (χ4v) is 3.13. The third-order valence-corrected chi connectivity index (χ3v) is 4.85. The Bertz CT molecular complexity index is 779. The van der Waals surface area contributed by atoms with Crippen LogP contribution in [0.3, 0.4) is 0 Å². The molecule has 0 aliphatic carbocycles. The van der Waals surface area contributed by atoms with Crippen molar-refractivity contribution in [2.24, 2.45) is 0 Å². The molecule has 2 heterocycles. The second kappa shape index (κ2) is 7.13. The van der Waals surface area contributed by atoms with Crippen molar-refractivity contribution in [1.29, 1.82) is 0 Å². The van der Waals surface area contributed by atoms with Gasteiger partial charge in [-0.3, -0.25) is 0 Å². The molecule has 0 saturated carbocycles. The third kappa shape index (κ3) is 3.92. The van der Waals surface area contributed by atoms with Crippen molar-refractivity contribution in [3.63, 3.8) is 0 Å². The van der Waals surface area contributed by atoms with E-state index in [9.17, 15) is 4.79 Å². The lowest BCUT2D eigenvalue weighted by Gasteiger charge is -2.35. The van der Waals surface area contributed by atoms with Gasteiger partial charge >= 0.3 is 6.03 Å². The van der Waals surface area contributed by atoms with Gasteiger partial charge in [0.25, 0.3) is 0 Å². The molecule has 25 heavy (non-hydrogen) atoms. The van der Waals surface area contributed by atoms with E-state index < -0.39 is 0 Å². The van der Waals surface area contributed by atoms with E-state index in [4.69, 9.17) is 0 Å². The average Bonchev–Trinajstić information content (AvgIpc) is 2.60. The molecule has 0 spiro atoms. The Morgan fingerprint density at radius 2 is 1.64 bits per heavy atom. The first-order chi connectivity index (χ1) is 11.9. The van der Waals surface area contributed by atoms with Crippen LogP contribution in [0.2, 0.25) is 0 Å². The predicted molar refractivity (Wildman–Crippen MR) is 102 cm³/mol. The topological polar surface area (TPSA) is 48.5 Å².